The van der Waals surface area contributed by atoms with E-state index in [2.05, 4.69) is 21.6 Å². The SMILES string of the molecule is O=C1C2CCCCC2C2CCCC3C2N1C1CCCC2SC4CCCCC4N3C21. The molecule has 0 N–H and O–H groups in total. The van der Waals surface area contributed by atoms with E-state index in [1.54, 1.807) is 0 Å². The summed E-state index contributed by atoms with van der Waals surface area (Å²) in [5.74, 6) is 2.53. The number of hydrogen-bond acceptors (Lipinski definition) is 3. The Morgan fingerprint density at radius 3 is 2.28 bits per heavy atom. The van der Waals surface area contributed by atoms with Crippen molar-refractivity contribution < 1.29 is 4.79 Å². The van der Waals surface area contributed by atoms with Gasteiger partial charge in [-0.2, -0.15) is 11.8 Å². The van der Waals surface area contributed by atoms with Crippen LogP contribution in [-0.4, -0.2) is 56.4 Å². The summed E-state index contributed by atoms with van der Waals surface area (Å²) in [4.78, 5) is 19.7. The Morgan fingerprint density at radius 1 is 0.621 bits per heavy atom. The molecule has 0 aromatic carbocycles. The second-order valence-corrected chi connectivity index (χ2v) is 12.9. The van der Waals surface area contributed by atoms with Crippen LogP contribution in [-0.2, 0) is 4.79 Å². The summed E-state index contributed by atoms with van der Waals surface area (Å²) in [6, 6.07) is 3.30. The van der Waals surface area contributed by atoms with Gasteiger partial charge in [0.2, 0.25) is 5.91 Å². The van der Waals surface area contributed by atoms with Gasteiger partial charge in [0.05, 0.1) is 6.04 Å². The molecule has 1 amide bonds. The summed E-state index contributed by atoms with van der Waals surface area (Å²) in [7, 11) is 0. The van der Waals surface area contributed by atoms with E-state index < -0.39 is 0 Å². The van der Waals surface area contributed by atoms with Crippen LogP contribution in [0.5, 0.6) is 0 Å². The van der Waals surface area contributed by atoms with E-state index >= 15 is 0 Å². The number of piperidine rings is 1. The van der Waals surface area contributed by atoms with Crippen molar-refractivity contribution in [2.45, 2.75) is 131 Å². The largest absolute Gasteiger partial charge is 0.333 e. The molecule has 10 unspecified atom stereocenters. The molecule has 7 rings (SSSR count). The number of piperazine rings is 1. The van der Waals surface area contributed by atoms with Crippen molar-refractivity contribution in [3.05, 3.63) is 0 Å². The molecular formula is C25H38N2OS. The molecule has 0 radical (unpaired) electrons. The summed E-state index contributed by atoms with van der Waals surface area (Å²) in [6.07, 6.45) is 19.2. The van der Waals surface area contributed by atoms with Crippen LogP contribution in [0.4, 0.5) is 0 Å². The van der Waals surface area contributed by atoms with Crippen LogP contribution in [0.1, 0.15) is 89.9 Å². The van der Waals surface area contributed by atoms with Gasteiger partial charge in [-0.3, -0.25) is 9.69 Å². The Morgan fingerprint density at radius 2 is 1.31 bits per heavy atom. The highest BCUT2D eigenvalue weighted by molar-refractivity contribution is 8.00. The van der Waals surface area contributed by atoms with Crippen molar-refractivity contribution in [3.63, 3.8) is 0 Å². The molecule has 3 heterocycles. The van der Waals surface area contributed by atoms with Gasteiger partial charge in [-0.1, -0.05) is 38.5 Å². The first-order chi connectivity index (χ1) is 14.3. The van der Waals surface area contributed by atoms with Crippen LogP contribution in [0.2, 0.25) is 0 Å². The van der Waals surface area contributed by atoms with Crippen molar-refractivity contribution in [1.29, 1.82) is 0 Å². The molecule has 4 heteroatoms. The lowest BCUT2D eigenvalue weighted by molar-refractivity contribution is -0.191. The summed E-state index contributed by atoms with van der Waals surface area (Å²) in [5, 5.41) is 1.68. The van der Waals surface area contributed by atoms with E-state index in [-0.39, 0.29) is 0 Å². The molecule has 7 aliphatic rings. The molecule has 7 fully saturated rings. The van der Waals surface area contributed by atoms with Crippen LogP contribution < -0.4 is 0 Å². The molecule has 3 saturated heterocycles. The number of thioether (sulfide) groups is 1. The normalized spacial score (nSPS) is 54.1. The van der Waals surface area contributed by atoms with Crippen LogP contribution in [0.15, 0.2) is 0 Å². The minimum atomic E-state index is 0.384. The zero-order chi connectivity index (χ0) is 19.1. The number of rotatable bonds is 0. The van der Waals surface area contributed by atoms with Gasteiger partial charge in [0, 0.05) is 40.6 Å². The summed E-state index contributed by atoms with van der Waals surface area (Å²) >= 11 is 2.37. The number of amides is 1. The lowest BCUT2D eigenvalue weighted by Gasteiger charge is -2.69. The number of carbonyl (C=O) groups is 1. The Bertz CT molecular complexity index is 684. The molecule has 0 aromatic heterocycles. The molecule has 160 valence electrons. The fourth-order valence-corrected chi connectivity index (χ4v) is 11.5. The van der Waals surface area contributed by atoms with Crippen molar-refractivity contribution in [1.82, 2.24) is 9.80 Å². The van der Waals surface area contributed by atoms with Crippen molar-refractivity contribution in [2.75, 3.05) is 0 Å². The third kappa shape index (κ3) is 2.51. The van der Waals surface area contributed by atoms with Gasteiger partial charge >= 0.3 is 0 Å². The smallest absolute Gasteiger partial charge is 0.226 e. The van der Waals surface area contributed by atoms with E-state index in [9.17, 15) is 4.79 Å². The van der Waals surface area contributed by atoms with Crippen LogP contribution in [0, 0.1) is 17.8 Å². The predicted molar refractivity (Wildman–Crippen MR) is 118 cm³/mol. The van der Waals surface area contributed by atoms with Gasteiger partial charge in [0.15, 0.2) is 0 Å². The maximum absolute atomic E-state index is 14.0. The molecule has 0 bridgehead atoms. The highest BCUT2D eigenvalue weighted by Gasteiger charge is 2.63. The van der Waals surface area contributed by atoms with E-state index in [1.807, 2.05) is 0 Å². The predicted octanol–water partition coefficient (Wildman–Crippen LogP) is 4.84. The Kier molecular flexibility index (Phi) is 4.36. The standard InChI is InChI=1S/C25H38N2OS/c28-25-17-8-2-1-7-15(17)16-9-5-11-19-23(16)27(25)20-12-6-14-22-24(20)26(19)18-10-3-4-13-21(18)29-22/h15-24H,1-14H2. The van der Waals surface area contributed by atoms with Gasteiger partial charge in [0.1, 0.15) is 0 Å². The molecule has 3 aliphatic heterocycles. The quantitative estimate of drug-likeness (QED) is 0.567. The van der Waals surface area contributed by atoms with Crippen LogP contribution in [0.25, 0.3) is 0 Å². The van der Waals surface area contributed by atoms with E-state index in [1.165, 1.54) is 89.9 Å². The molecule has 0 aromatic rings. The molecule has 4 aliphatic carbocycles. The second kappa shape index (κ2) is 6.89. The van der Waals surface area contributed by atoms with E-state index in [0.29, 0.717) is 36.0 Å². The Hall–Kier alpha value is -0.220. The fourth-order valence-electron chi connectivity index (χ4n) is 9.53. The van der Waals surface area contributed by atoms with Gasteiger partial charge in [-0.15, -0.1) is 0 Å². The van der Waals surface area contributed by atoms with Crippen LogP contribution in [0.3, 0.4) is 0 Å². The van der Waals surface area contributed by atoms with Crippen molar-refractivity contribution in [3.8, 4) is 0 Å². The van der Waals surface area contributed by atoms with E-state index in [0.717, 1.165) is 28.4 Å². The average Bonchev–Trinajstić information content (AvgIpc) is 2.78. The monoisotopic (exact) mass is 414 g/mol. The molecule has 4 saturated carbocycles. The summed E-state index contributed by atoms with van der Waals surface area (Å²) in [6.45, 7) is 0. The summed E-state index contributed by atoms with van der Waals surface area (Å²) < 4.78 is 0. The third-order valence-corrected chi connectivity index (χ3v) is 12.1. The number of hydrogen-bond donors (Lipinski definition) is 0. The first-order valence-electron chi connectivity index (χ1n) is 13.1. The van der Waals surface area contributed by atoms with Gasteiger partial charge in [-0.25, -0.2) is 0 Å². The first-order valence-corrected chi connectivity index (χ1v) is 14.0. The van der Waals surface area contributed by atoms with Crippen LogP contribution >= 0.6 is 11.8 Å². The lowest BCUT2D eigenvalue weighted by atomic mass is 9.59. The molecule has 3 nitrogen and oxygen atoms in total. The highest BCUT2D eigenvalue weighted by Crippen LogP contribution is 2.57. The van der Waals surface area contributed by atoms with E-state index in [4.69, 9.17) is 0 Å². The Balaban J connectivity index is 1.33. The van der Waals surface area contributed by atoms with Crippen molar-refractivity contribution >= 4 is 17.7 Å². The Labute approximate surface area is 180 Å². The zero-order valence-corrected chi connectivity index (χ0v) is 18.7. The van der Waals surface area contributed by atoms with Crippen molar-refractivity contribution in [2.24, 2.45) is 17.8 Å². The fraction of sp³-hybridized carbons (Fsp3) is 0.960. The molecular weight excluding hydrogens is 376 g/mol. The average molecular weight is 415 g/mol. The number of carbonyl (C=O) groups excluding carboxylic acids is 1. The summed E-state index contributed by atoms with van der Waals surface area (Å²) in [5.41, 5.74) is 0. The minimum Gasteiger partial charge on any atom is -0.333 e. The zero-order valence-electron chi connectivity index (χ0n) is 17.9. The molecule has 10 atom stereocenters. The van der Waals surface area contributed by atoms with Gasteiger partial charge < -0.3 is 4.90 Å². The molecule has 29 heavy (non-hydrogen) atoms. The maximum Gasteiger partial charge on any atom is 0.226 e. The third-order valence-electron chi connectivity index (χ3n) is 10.4. The maximum atomic E-state index is 14.0. The topological polar surface area (TPSA) is 23.6 Å². The van der Waals surface area contributed by atoms with Gasteiger partial charge in [-0.05, 0) is 63.2 Å². The minimum absolute atomic E-state index is 0.384. The number of nitrogens with zero attached hydrogens (tertiary/aromatic N) is 2. The lowest BCUT2D eigenvalue weighted by Crippen LogP contribution is -2.80. The molecule has 0 spiro atoms. The second-order valence-electron chi connectivity index (χ2n) is 11.5. The van der Waals surface area contributed by atoms with Gasteiger partial charge in [0.25, 0.3) is 0 Å². The highest BCUT2D eigenvalue weighted by atomic mass is 32.2. The number of fused-ring (bicyclic) bond motifs is 6. The first kappa shape index (κ1) is 18.4.